The lowest BCUT2D eigenvalue weighted by molar-refractivity contribution is -0.162. The number of rotatable bonds is 12. The SMILES string of the molecule is O=C(O)C[C@](O)(CSCCCCCCc1ccc(O)cc1)C(=O)O. The Bertz CT molecular complexity index is 530. The number of carbonyl (C=O) groups is 2. The van der Waals surface area contributed by atoms with Crippen LogP contribution in [0, 0.1) is 0 Å². The zero-order valence-electron chi connectivity index (χ0n) is 13.5. The molecular weight excluding hydrogens is 332 g/mol. The largest absolute Gasteiger partial charge is 0.508 e. The molecule has 0 bridgehead atoms. The van der Waals surface area contributed by atoms with Gasteiger partial charge in [0.15, 0.2) is 5.60 Å². The smallest absolute Gasteiger partial charge is 0.337 e. The Labute approximate surface area is 145 Å². The van der Waals surface area contributed by atoms with Crippen molar-refractivity contribution in [2.24, 2.45) is 0 Å². The molecule has 0 spiro atoms. The van der Waals surface area contributed by atoms with E-state index in [4.69, 9.17) is 10.2 Å². The molecule has 0 heterocycles. The molecule has 0 aromatic heterocycles. The van der Waals surface area contributed by atoms with Crippen LogP contribution in [0.3, 0.4) is 0 Å². The van der Waals surface area contributed by atoms with Crippen LogP contribution in [0.5, 0.6) is 5.75 Å². The van der Waals surface area contributed by atoms with Gasteiger partial charge in [-0.15, -0.1) is 0 Å². The molecule has 0 aliphatic carbocycles. The van der Waals surface area contributed by atoms with E-state index in [1.807, 2.05) is 12.1 Å². The standard InChI is InChI=1S/C17H24O6S/c18-14-8-6-13(7-9-14)5-3-1-2-4-10-24-12-17(23,16(21)22)11-15(19)20/h6-9,18,23H,1-5,10-12H2,(H,19,20)(H,21,22)/t17-/m0/s1. The molecule has 134 valence electrons. The quantitative estimate of drug-likeness (QED) is 0.425. The van der Waals surface area contributed by atoms with Crippen LogP contribution in [-0.2, 0) is 16.0 Å². The number of unbranched alkanes of at least 4 members (excludes halogenated alkanes) is 3. The number of hydrogen-bond donors (Lipinski definition) is 4. The average Bonchev–Trinajstić information content (AvgIpc) is 2.51. The van der Waals surface area contributed by atoms with Crippen molar-refractivity contribution >= 4 is 23.7 Å². The van der Waals surface area contributed by atoms with Gasteiger partial charge in [-0.3, -0.25) is 4.79 Å². The molecule has 1 atom stereocenters. The molecule has 24 heavy (non-hydrogen) atoms. The van der Waals surface area contributed by atoms with E-state index in [9.17, 15) is 19.8 Å². The highest BCUT2D eigenvalue weighted by atomic mass is 32.2. The first-order chi connectivity index (χ1) is 11.3. The number of aromatic hydroxyl groups is 1. The third-order valence-corrected chi connectivity index (χ3v) is 4.88. The highest BCUT2D eigenvalue weighted by Gasteiger charge is 2.38. The fraction of sp³-hybridized carbons (Fsp3) is 0.529. The Hall–Kier alpha value is -1.73. The lowest BCUT2D eigenvalue weighted by Crippen LogP contribution is -2.43. The molecule has 0 unspecified atom stereocenters. The molecule has 0 radical (unpaired) electrons. The van der Waals surface area contributed by atoms with Gasteiger partial charge < -0.3 is 20.4 Å². The van der Waals surface area contributed by atoms with E-state index in [0.717, 1.165) is 32.1 Å². The van der Waals surface area contributed by atoms with Crippen LogP contribution in [0.4, 0.5) is 0 Å². The van der Waals surface area contributed by atoms with E-state index in [0.29, 0.717) is 5.75 Å². The second kappa shape index (κ2) is 10.2. The predicted octanol–water partition coefficient (Wildman–Crippen LogP) is 2.52. The van der Waals surface area contributed by atoms with E-state index in [1.165, 1.54) is 17.3 Å². The van der Waals surface area contributed by atoms with Gasteiger partial charge in [0, 0.05) is 5.75 Å². The summed E-state index contributed by atoms with van der Waals surface area (Å²) in [5, 5.41) is 36.6. The normalized spacial score (nSPS) is 13.4. The Morgan fingerprint density at radius 3 is 2.21 bits per heavy atom. The summed E-state index contributed by atoms with van der Waals surface area (Å²) in [5.41, 5.74) is -1.02. The molecule has 1 rings (SSSR count). The molecule has 6 nitrogen and oxygen atoms in total. The predicted molar refractivity (Wildman–Crippen MR) is 92.4 cm³/mol. The number of phenolic OH excluding ortho intramolecular Hbond substituents is 1. The van der Waals surface area contributed by atoms with E-state index >= 15 is 0 Å². The Kier molecular flexibility index (Phi) is 8.63. The summed E-state index contributed by atoms with van der Waals surface area (Å²) in [6.45, 7) is 0. The molecule has 1 aromatic carbocycles. The summed E-state index contributed by atoms with van der Waals surface area (Å²) < 4.78 is 0. The van der Waals surface area contributed by atoms with Gasteiger partial charge >= 0.3 is 11.9 Å². The minimum Gasteiger partial charge on any atom is -0.508 e. The highest BCUT2D eigenvalue weighted by Crippen LogP contribution is 2.20. The molecule has 1 aromatic rings. The van der Waals surface area contributed by atoms with Crippen LogP contribution in [0.2, 0.25) is 0 Å². The third-order valence-electron chi connectivity index (χ3n) is 3.62. The Balaban J connectivity index is 2.12. The minimum absolute atomic E-state index is 0.123. The molecule has 0 aliphatic rings. The van der Waals surface area contributed by atoms with Crippen LogP contribution in [0.1, 0.15) is 37.7 Å². The van der Waals surface area contributed by atoms with Gasteiger partial charge in [-0.25, -0.2) is 4.79 Å². The van der Waals surface area contributed by atoms with Gasteiger partial charge in [-0.1, -0.05) is 25.0 Å². The molecule has 0 saturated carbocycles. The molecule has 0 aliphatic heterocycles. The fourth-order valence-electron chi connectivity index (χ4n) is 2.23. The van der Waals surface area contributed by atoms with Gasteiger partial charge in [0.25, 0.3) is 0 Å². The summed E-state index contributed by atoms with van der Waals surface area (Å²) >= 11 is 1.26. The van der Waals surface area contributed by atoms with E-state index in [-0.39, 0.29) is 11.5 Å². The lowest BCUT2D eigenvalue weighted by Gasteiger charge is -2.20. The monoisotopic (exact) mass is 356 g/mol. The lowest BCUT2D eigenvalue weighted by atomic mass is 10.0. The van der Waals surface area contributed by atoms with Crippen molar-refractivity contribution in [3.05, 3.63) is 29.8 Å². The number of phenols is 1. The molecule has 7 heteroatoms. The van der Waals surface area contributed by atoms with Gasteiger partial charge in [0.1, 0.15) is 5.75 Å². The van der Waals surface area contributed by atoms with Crippen LogP contribution in [-0.4, -0.2) is 49.5 Å². The molecule has 0 saturated heterocycles. The van der Waals surface area contributed by atoms with Crippen molar-refractivity contribution < 1.29 is 30.0 Å². The maximum absolute atomic E-state index is 11.0. The summed E-state index contributed by atoms with van der Waals surface area (Å²) in [6.07, 6.45) is 4.12. The fourth-order valence-corrected chi connectivity index (χ4v) is 3.34. The van der Waals surface area contributed by atoms with Crippen LogP contribution in [0.15, 0.2) is 24.3 Å². The van der Waals surface area contributed by atoms with Crippen molar-refractivity contribution in [1.29, 1.82) is 0 Å². The van der Waals surface area contributed by atoms with Crippen molar-refractivity contribution in [2.75, 3.05) is 11.5 Å². The number of carboxylic acid groups (broad SMARTS) is 2. The number of aryl methyl sites for hydroxylation is 1. The second-order valence-electron chi connectivity index (χ2n) is 5.79. The van der Waals surface area contributed by atoms with Crippen LogP contribution >= 0.6 is 11.8 Å². The summed E-state index contributed by atoms with van der Waals surface area (Å²) in [5.74, 6) is -1.99. The van der Waals surface area contributed by atoms with E-state index in [2.05, 4.69) is 0 Å². The van der Waals surface area contributed by atoms with Gasteiger partial charge in [-0.05, 0) is 42.7 Å². The first-order valence-electron chi connectivity index (χ1n) is 7.87. The first-order valence-corrected chi connectivity index (χ1v) is 9.02. The van der Waals surface area contributed by atoms with Crippen molar-refractivity contribution in [2.45, 2.75) is 44.1 Å². The Morgan fingerprint density at radius 2 is 1.62 bits per heavy atom. The first kappa shape index (κ1) is 20.3. The molecular formula is C17H24O6S. The summed E-state index contributed by atoms with van der Waals surface area (Å²) in [7, 11) is 0. The maximum Gasteiger partial charge on any atom is 0.337 e. The summed E-state index contributed by atoms with van der Waals surface area (Å²) in [6, 6.07) is 7.15. The summed E-state index contributed by atoms with van der Waals surface area (Å²) in [4.78, 5) is 21.6. The Morgan fingerprint density at radius 1 is 1.00 bits per heavy atom. The average molecular weight is 356 g/mol. The maximum atomic E-state index is 11.0. The third kappa shape index (κ3) is 7.70. The minimum atomic E-state index is -2.20. The molecule has 0 amide bonds. The number of hydrogen-bond acceptors (Lipinski definition) is 5. The van der Waals surface area contributed by atoms with Crippen LogP contribution < -0.4 is 0 Å². The number of aliphatic hydroxyl groups is 1. The van der Waals surface area contributed by atoms with Gasteiger partial charge in [0.05, 0.1) is 6.42 Å². The van der Waals surface area contributed by atoms with Crippen molar-refractivity contribution in [1.82, 2.24) is 0 Å². The van der Waals surface area contributed by atoms with Crippen LogP contribution in [0.25, 0.3) is 0 Å². The number of benzene rings is 1. The van der Waals surface area contributed by atoms with Crippen molar-refractivity contribution in [3.63, 3.8) is 0 Å². The van der Waals surface area contributed by atoms with Crippen molar-refractivity contribution in [3.8, 4) is 5.75 Å². The zero-order valence-corrected chi connectivity index (χ0v) is 14.3. The van der Waals surface area contributed by atoms with Gasteiger partial charge in [-0.2, -0.15) is 11.8 Å². The zero-order chi connectivity index (χ0) is 18.0. The van der Waals surface area contributed by atoms with Gasteiger partial charge in [0.2, 0.25) is 0 Å². The topological polar surface area (TPSA) is 115 Å². The second-order valence-corrected chi connectivity index (χ2v) is 6.90. The number of aliphatic carboxylic acids is 2. The number of carboxylic acids is 2. The molecule has 0 fully saturated rings. The van der Waals surface area contributed by atoms with E-state index < -0.39 is 24.0 Å². The highest BCUT2D eigenvalue weighted by molar-refractivity contribution is 7.99. The van der Waals surface area contributed by atoms with E-state index in [1.54, 1.807) is 12.1 Å². The number of thioether (sulfide) groups is 1. The molecule has 4 N–H and O–H groups in total.